The highest BCUT2D eigenvalue weighted by Crippen LogP contribution is 2.40. The summed E-state index contributed by atoms with van der Waals surface area (Å²) in [5.74, 6) is 0.461. The smallest absolute Gasteiger partial charge is 0.0446 e. The van der Waals surface area contributed by atoms with Gasteiger partial charge in [-0.05, 0) is 46.6 Å². The second-order valence-corrected chi connectivity index (χ2v) is 6.01. The van der Waals surface area contributed by atoms with Crippen molar-refractivity contribution in [2.45, 2.75) is 54.0 Å². The molecule has 20 heavy (non-hydrogen) atoms. The van der Waals surface area contributed by atoms with Crippen LogP contribution in [0, 0.1) is 11.3 Å². The highest BCUT2D eigenvalue weighted by molar-refractivity contribution is 5.99. The number of nitrogens with zero attached hydrogens (tertiary/aromatic N) is 1. The molecule has 110 valence electrons. The predicted molar refractivity (Wildman–Crippen MR) is 91.3 cm³/mol. The topological polar surface area (TPSA) is 12.4 Å². The highest BCUT2D eigenvalue weighted by Gasteiger charge is 2.32. The van der Waals surface area contributed by atoms with Gasteiger partial charge in [0.05, 0.1) is 0 Å². The summed E-state index contributed by atoms with van der Waals surface area (Å²) in [7, 11) is 0. The van der Waals surface area contributed by atoms with Gasteiger partial charge in [-0.3, -0.25) is 4.99 Å². The number of hydrogen-bond acceptors (Lipinski definition) is 1. The first-order valence-electron chi connectivity index (χ1n) is 7.63. The summed E-state index contributed by atoms with van der Waals surface area (Å²) in [6.07, 6.45) is 16.7. The van der Waals surface area contributed by atoms with Crippen LogP contribution in [0.15, 0.2) is 53.1 Å². The zero-order valence-electron chi connectivity index (χ0n) is 13.9. The lowest BCUT2D eigenvalue weighted by atomic mass is 9.68. The third-order valence-corrected chi connectivity index (χ3v) is 3.83. The van der Waals surface area contributed by atoms with E-state index in [0.717, 1.165) is 6.42 Å². The van der Waals surface area contributed by atoms with Crippen LogP contribution in [0.1, 0.15) is 48.0 Å². The largest absolute Gasteiger partial charge is 0.287 e. The lowest BCUT2D eigenvalue weighted by Crippen LogP contribution is -2.28. The summed E-state index contributed by atoms with van der Waals surface area (Å²) in [5, 5.41) is 0. The van der Waals surface area contributed by atoms with Gasteiger partial charge in [0.15, 0.2) is 0 Å². The van der Waals surface area contributed by atoms with Crippen molar-refractivity contribution in [2.75, 3.05) is 0 Å². The van der Waals surface area contributed by atoms with E-state index in [1.165, 1.54) is 11.3 Å². The molecular weight excluding hydrogens is 242 g/mol. The zero-order chi connectivity index (χ0) is 15.2. The molecule has 0 aromatic heterocycles. The predicted octanol–water partition coefficient (Wildman–Crippen LogP) is 5.52. The molecule has 2 atom stereocenters. The molecule has 0 aliphatic heterocycles. The van der Waals surface area contributed by atoms with Gasteiger partial charge in [0.25, 0.3) is 0 Å². The van der Waals surface area contributed by atoms with E-state index in [4.69, 9.17) is 4.99 Å². The Morgan fingerprint density at radius 2 is 1.90 bits per heavy atom. The first-order valence-corrected chi connectivity index (χ1v) is 7.63. The summed E-state index contributed by atoms with van der Waals surface area (Å²) >= 11 is 0. The Morgan fingerprint density at radius 3 is 2.40 bits per heavy atom. The van der Waals surface area contributed by atoms with Crippen LogP contribution in [0.4, 0.5) is 0 Å². The molecule has 1 nitrogen and oxygen atoms in total. The summed E-state index contributed by atoms with van der Waals surface area (Å²) in [4.78, 5) is 4.75. The fourth-order valence-electron chi connectivity index (χ4n) is 3.06. The second-order valence-electron chi connectivity index (χ2n) is 6.01. The maximum absolute atomic E-state index is 4.75. The molecular formula is C19H29N. The van der Waals surface area contributed by atoms with E-state index in [1.807, 2.05) is 0 Å². The van der Waals surface area contributed by atoms with Crippen molar-refractivity contribution < 1.29 is 0 Å². The number of aliphatic imine (C=N–C) groups is 1. The van der Waals surface area contributed by atoms with Crippen molar-refractivity contribution >= 4 is 5.71 Å². The van der Waals surface area contributed by atoms with Gasteiger partial charge in [0, 0.05) is 23.1 Å². The molecule has 2 unspecified atom stereocenters. The third kappa shape index (κ3) is 4.06. The van der Waals surface area contributed by atoms with Gasteiger partial charge in [-0.15, -0.1) is 0 Å². The normalized spacial score (nSPS) is 23.6. The van der Waals surface area contributed by atoms with E-state index in [0.29, 0.717) is 12.0 Å². The fourth-order valence-corrected chi connectivity index (χ4v) is 3.06. The summed E-state index contributed by atoms with van der Waals surface area (Å²) in [5.41, 5.74) is 2.60. The van der Waals surface area contributed by atoms with Crippen LogP contribution >= 0.6 is 0 Å². The SMILES string of the molecule is CC=CC(C)(/C=C\C)C1CC=CC=C1/C(C)=N\C(C)C. The van der Waals surface area contributed by atoms with Crippen molar-refractivity contribution in [3.05, 3.63) is 48.1 Å². The first-order chi connectivity index (χ1) is 9.44. The van der Waals surface area contributed by atoms with Gasteiger partial charge in [-0.2, -0.15) is 0 Å². The van der Waals surface area contributed by atoms with Gasteiger partial charge >= 0.3 is 0 Å². The van der Waals surface area contributed by atoms with E-state index in [2.05, 4.69) is 84.1 Å². The first kappa shape index (κ1) is 16.7. The molecule has 1 rings (SSSR count). The molecule has 0 aromatic carbocycles. The van der Waals surface area contributed by atoms with Gasteiger partial charge in [0.1, 0.15) is 0 Å². The highest BCUT2D eigenvalue weighted by atomic mass is 14.8. The summed E-state index contributed by atoms with van der Waals surface area (Å²) in [6, 6.07) is 0.345. The van der Waals surface area contributed by atoms with Gasteiger partial charge in [0.2, 0.25) is 0 Å². The molecule has 0 bridgehead atoms. The maximum atomic E-state index is 4.75. The van der Waals surface area contributed by atoms with Crippen LogP contribution in [-0.2, 0) is 0 Å². The Labute approximate surface area is 124 Å². The molecule has 0 N–H and O–H groups in total. The summed E-state index contributed by atoms with van der Waals surface area (Å²) < 4.78 is 0. The van der Waals surface area contributed by atoms with E-state index in [1.54, 1.807) is 0 Å². The quantitative estimate of drug-likeness (QED) is 0.461. The molecule has 0 amide bonds. The van der Waals surface area contributed by atoms with Crippen LogP contribution < -0.4 is 0 Å². The fraction of sp³-hybridized carbons (Fsp3) is 0.526. The number of rotatable bonds is 5. The van der Waals surface area contributed by atoms with Crippen molar-refractivity contribution in [1.82, 2.24) is 0 Å². The molecule has 1 aliphatic carbocycles. The van der Waals surface area contributed by atoms with E-state index < -0.39 is 0 Å². The molecule has 0 radical (unpaired) electrons. The standard InChI is InChI=1S/C19H29N/c1-7-13-19(6,14-8-2)18-12-10-9-11-17(18)16(5)20-15(3)4/h7-11,13-15,18H,12H2,1-6H3/b13-7-,14-8?,20-16-. The van der Waals surface area contributed by atoms with Crippen LogP contribution in [0.5, 0.6) is 0 Å². The lowest BCUT2D eigenvalue weighted by molar-refractivity contribution is 0.383. The van der Waals surface area contributed by atoms with E-state index in [-0.39, 0.29) is 5.41 Å². The van der Waals surface area contributed by atoms with Crippen molar-refractivity contribution in [1.29, 1.82) is 0 Å². The molecule has 1 heteroatoms. The molecule has 0 saturated carbocycles. The van der Waals surface area contributed by atoms with Gasteiger partial charge in [-0.25, -0.2) is 0 Å². The Balaban J connectivity index is 3.21. The third-order valence-electron chi connectivity index (χ3n) is 3.83. The van der Waals surface area contributed by atoms with Crippen LogP contribution in [-0.4, -0.2) is 11.8 Å². The average Bonchev–Trinajstić information content (AvgIpc) is 2.38. The molecule has 1 aliphatic rings. The summed E-state index contributed by atoms with van der Waals surface area (Å²) in [6.45, 7) is 12.9. The molecule has 0 aromatic rings. The van der Waals surface area contributed by atoms with Crippen LogP contribution in [0.2, 0.25) is 0 Å². The number of hydrogen-bond donors (Lipinski definition) is 0. The minimum Gasteiger partial charge on any atom is -0.287 e. The van der Waals surface area contributed by atoms with Gasteiger partial charge < -0.3 is 0 Å². The lowest BCUT2D eigenvalue weighted by Gasteiger charge is -2.35. The molecule has 0 heterocycles. The Morgan fingerprint density at radius 1 is 1.30 bits per heavy atom. The van der Waals surface area contributed by atoms with Crippen molar-refractivity contribution in [3.8, 4) is 0 Å². The molecule has 0 spiro atoms. The minimum absolute atomic E-state index is 0.0495. The monoisotopic (exact) mass is 271 g/mol. The molecule has 0 saturated heterocycles. The van der Waals surface area contributed by atoms with Crippen molar-refractivity contribution in [3.63, 3.8) is 0 Å². The molecule has 0 fully saturated rings. The minimum atomic E-state index is 0.0495. The van der Waals surface area contributed by atoms with Crippen molar-refractivity contribution in [2.24, 2.45) is 16.3 Å². The zero-order valence-corrected chi connectivity index (χ0v) is 13.9. The van der Waals surface area contributed by atoms with E-state index in [9.17, 15) is 0 Å². The van der Waals surface area contributed by atoms with Crippen LogP contribution in [0.25, 0.3) is 0 Å². The second kappa shape index (κ2) is 7.42. The average molecular weight is 271 g/mol. The number of allylic oxidation sites excluding steroid dienone is 8. The maximum Gasteiger partial charge on any atom is 0.0446 e. The Bertz CT molecular complexity index is 446. The Hall–Kier alpha value is -1.37. The van der Waals surface area contributed by atoms with E-state index >= 15 is 0 Å². The van der Waals surface area contributed by atoms with Crippen LogP contribution in [0.3, 0.4) is 0 Å². The van der Waals surface area contributed by atoms with Gasteiger partial charge in [-0.1, -0.05) is 49.5 Å². The Kier molecular flexibility index (Phi) is 6.19.